The summed E-state index contributed by atoms with van der Waals surface area (Å²) < 4.78 is 14.0. The molecule has 0 saturated heterocycles. The van der Waals surface area contributed by atoms with Gasteiger partial charge in [-0.05, 0) is 40.4 Å². The molecular formula is C12H15BrFN. The van der Waals surface area contributed by atoms with E-state index in [1.54, 1.807) is 6.07 Å². The zero-order valence-electron chi connectivity index (χ0n) is 8.60. The molecule has 82 valence electrons. The molecule has 3 heteroatoms. The Morgan fingerprint density at radius 1 is 1.33 bits per heavy atom. The van der Waals surface area contributed by atoms with Crippen molar-refractivity contribution < 1.29 is 4.39 Å². The Kier molecular flexibility index (Phi) is 3.12. The lowest BCUT2D eigenvalue weighted by Crippen LogP contribution is -2.32. The van der Waals surface area contributed by atoms with E-state index in [1.165, 1.54) is 18.9 Å². The average Bonchev–Trinajstić information content (AvgIpc) is 2.72. The molecule has 1 aliphatic rings. The van der Waals surface area contributed by atoms with Gasteiger partial charge in [0.2, 0.25) is 0 Å². The number of hydrogen-bond acceptors (Lipinski definition) is 1. The van der Waals surface area contributed by atoms with Gasteiger partial charge in [-0.25, -0.2) is 4.39 Å². The van der Waals surface area contributed by atoms with E-state index >= 15 is 0 Å². The molecule has 0 unspecified atom stereocenters. The third kappa shape index (κ3) is 1.83. The average molecular weight is 272 g/mol. The summed E-state index contributed by atoms with van der Waals surface area (Å²) in [5.41, 5.74) is 6.92. The first-order valence-corrected chi connectivity index (χ1v) is 6.13. The van der Waals surface area contributed by atoms with Gasteiger partial charge in [0, 0.05) is 12.0 Å². The molecule has 1 aromatic rings. The van der Waals surface area contributed by atoms with Crippen LogP contribution in [0, 0.1) is 5.82 Å². The summed E-state index contributed by atoms with van der Waals surface area (Å²) in [7, 11) is 0. The van der Waals surface area contributed by atoms with Crippen LogP contribution >= 0.6 is 15.9 Å². The van der Waals surface area contributed by atoms with Crippen molar-refractivity contribution >= 4 is 15.9 Å². The van der Waals surface area contributed by atoms with Crippen LogP contribution in [0.25, 0.3) is 0 Å². The molecule has 0 bridgehead atoms. The van der Waals surface area contributed by atoms with Crippen molar-refractivity contribution in [2.45, 2.75) is 31.1 Å². The maximum Gasteiger partial charge on any atom is 0.137 e. The fraction of sp³-hybridized carbons (Fsp3) is 0.500. The monoisotopic (exact) mass is 271 g/mol. The Morgan fingerprint density at radius 3 is 2.60 bits per heavy atom. The lowest BCUT2D eigenvalue weighted by Gasteiger charge is -2.29. The summed E-state index contributed by atoms with van der Waals surface area (Å²) in [6.45, 7) is 0.606. The molecule has 0 atom stereocenters. The molecular weight excluding hydrogens is 257 g/mol. The quantitative estimate of drug-likeness (QED) is 0.877. The first-order chi connectivity index (χ1) is 7.19. The highest BCUT2D eigenvalue weighted by Gasteiger charge is 2.36. The maximum atomic E-state index is 13.5. The van der Waals surface area contributed by atoms with Crippen molar-refractivity contribution in [3.63, 3.8) is 0 Å². The minimum Gasteiger partial charge on any atom is -0.330 e. The van der Waals surface area contributed by atoms with Crippen LogP contribution in [-0.2, 0) is 5.41 Å². The second-order valence-corrected chi connectivity index (χ2v) is 5.09. The van der Waals surface area contributed by atoms with Gasteiger partial charge >= 0.3 is 0 Å². The van der Waals surface area contributed by atoms with Crippen LogP contribution in [0.3, 0.4) is 0 Å². The van der Waals surface area contributed by atoms with E-state index < -0.39 is 0 Å². The Balaban J connectivity index is 2.47. The molecule has 0 aliphatic heterocycles. The normalized spacial score (nSPS) is 19.4. The second kappa shape index (κ2) is 4.22. The van der Waals surface area contributed by atoms with Gasteiger partial charge in [0.1, 0.15) is 5.82 Å². The summed E-state index contributed by atoms with van der Waals surface area (Å²) >= 11 is 3.34. The van der Waals surface area contributed by atoms with Gasteiger partial charge < -0.3 is 5.73 Å². The summed E-state index contributed by atoms with van der Waals surface area (Å²) in [4.78, 5) is 0. The number of rotatable bonds is 2. The standard InChI is InChI=1S/C12H15BrFN/c13-11-9(4-3-5-10(11)14)12(8-15)6-1-2-7-12/h3-5H,1-2,6-8,15H2. The van der Waals surface area contributed by atoms with Crippen LogP contribution < -0.4 is 5.73 Å². The fourth-order valence-corrected chi connectivity index (χ4v) is 3.23. The van der Waals surface area contributed by atoms with E-state index in [1.807, 2.05) is 6.07 Å². The van der Waals surface area contributed by atoms with Crippen molar-refractivity contribution in [2.24, 2.45) is 5.73 Å². The van der Waals surface area contributed by atoms with Gasteiger partial charge in [0.15, 0.2) is 0 Å². The molecule has 0 amide bonds. The molecule has 1 saturated carbocycles. The largest absolute Gasteiger partial charge is 0.330 e. The first-order valence-electron chi connectivity index (χ1n) is 5.34. The lowest BCUT2D eigenvalue weighted by molar-refractivity contribution is 0.446. The second-order valence-electron chi connectivity index (χ2n) is 4.29. The fourth-order valence-electron chi connectivity index (χ4n) is 2.55. The smallest absolute Gasteiger partial charge is 0.137 e. The number of nitrogens with two attached hydrogens (primary N) is 1. The maximum absolute atomic E-state index is 13.5. The molecule has 2 N–H and O–H groups in total. The topological polar surface area (TPSA) is 26.0 Å². The van der Waals surface area contributed by atoms with Crippen LogP contribution in [0.5, 0.6) is 0 Å². The van der Waals surface area contributed by atoms with E-state index in [0.717, 1.165) is 18.4 Å². The molecule has 1 aliphatic carbocycles. The van der Waals surface area contributed by atoms with Gasteiger partial charge in [-0.1, -0.05) is 25.0 Å². The number of benzene rings is 1. The van der Waals surface area contributed by atoms with E-state index in [2.05, 4.69) is 15.9 Å². The molecule has 0 radical (unpaired) electrons. The van der Waals surface area contributed by atoms with Gasteiger partial charge in [-0.15, -0.1) is 0 Å². The predicted octanol–water partition coefficient (Wildman–Crippen LogP) is 3.36. The van der Waals surface area contributed by atoms with E-state index in [-0.39, 0.29) is 11.2 Å². The highest BCUT2D eigenvalue weighted by atomic mass is 79.9. The third-order valence-corrected chi connectivity index (χ3v) is 4.28. The lowest BCUT2D eigenvalue weighted by atomic mass is 9.79. The summed E-state index contributed by atoms with van der Waals surface area (Å²) in [5.74, 6) is -0.188. The van der Waals surface area contributed by atoms with Crippen molar-refractivity contribution in [3.8, 4) is 0 Å². The summed E-state index contributed by atoms with van der Waals surface area (Å²) in [5, 5.41) is 0. The van der Waals surface area contributed by atoms with Gasteiger partial charge in [-0.2, -0.15) is 0 Å². The van der Waals surface area contributed by atoms with Crippen LogP contribution in [-0.4, -0.2) is 6.54 Å². The Morgan fingerprint density at radius 2 is 2.00 bits per heavy atom. The van der Waals surface area contributed by atoms with Crippen LogP contribution in [0.2, 0.25) is 0 Å². The minimum absolute atomic E-state index is 0.000926. The van der Waals surface area contributed by atoms with E-state index in [0.29, 0.717) is 11.0 Å². The summed E-state index contributed by atoms with van der Waals surface area (Å²) in [6.07, 6.45) is 4.54. The molecule has 0 aromatic heterocycles. The van der Waals surface area contributed by atoms with E-state index in [4.69, 9.17) is 5.73 Å². The minimum atomic E-state index is -0.188. The Bertz CT molecular complexity index is 359. The van der Waals surface area contributed by atoms with Crippen LogP contribution in [0.4, 0.5) is 4.39 Å². The number of hydrogen-bond donors (Lipinski definition) is 1. The van der Waals surface area contributed by atoms with Crippen LogP contribution in [0.1, 0.15) is 31.2 Å². The Hall–Kier alpha value is -0.410. The van der Waals surface area contributed by atoms with Crippen molar-refractivity contribution in [2.75, 3.05) is 6.54 Å². The highest BCUT2D eigenvalue weighted by Crippen LogP contribution is 2.43. The molecule has 0 spiro atoms. The molecule has 15 heavy (non-hydrogen) atoms. The zero-order valence-corrected chi connectivity index (χ0v) is 10.2. The van der Waals surface area contributed by atoms with E-state index in [9.17, 15) is 4.39 Å². The molecule has 1 fully saturated rings. The van der Waals surface area contributed by atoms with Crippen LogP contribution in [0.15, 0.2) is 22.7 Å². The molecule has 0 heterocycles. The van der Waals surface area contributed by atoms with Crippen molar-refractivity contribution in [1.82, 2.24) is 0 Å². The molecule has 2 rings (SSSR count). The SMILES string of the molecule is NCC1(c2cccc(F)c2Br)CCCC1. The molecule has 1 aromatic carbocycles. The third-order valence-electron chi connectivity index (χ3n) is 3.47. The summed E-state index contributed by atoms with van der Waals surface area (Å²) in [6, 6.07) is 5.24. The molecule has 1 nitrogen and oxygen atoms in total. The van der Waals surface area contributed by atoms with Gasteiger partial charge in [0.25, 0.3) is 0 Å². The number of halogens is 2. The van der Waals surface area contributed by atoms with Crippen molar-refractivity contribution in [3.05, 3.63) is 34.1 Å². The highest BCUT2D eigenvalue weighted by molar-refractivity contribution is 9.10. The van der Waals surface area contributed by atoms with Gasteiger partial charge in [0.05, 0.1) is 4.47 Å². The Labute approximate surface area is 98.0 Å². The predicted molar refractivity (Wildman–Crippen MR) is 63.3 cm³/mol. The van der Waals surface area contributed by atoms with Gasteiger partial charge in [-0.3, -0.25) is 0 Å². The van der Waals surface area contributed by atoms with Crippen molar-refractivity contribution in [1.29, 1.82) is 0 Å². The zero-order chi connectivity index (χ0) is 10.9. The first kappa shape index (κ1) is 11.1.